The Morgan fingerprint density at radius 1 is 1.47 bits per heavy atom. The number of nitrogens with one attached hydrogen (secondary N) is 1. The number of amides is 3. The lowest BCUT2D eigenvalue weighted by Gasteiger charge is -2.37. The normalized spacial score (nSPS) is 23.1. The van der Waals surface area contributed by atoms with Gasteiger partial charge in [0.15, 0.2) is 0 Å². The van der Waals surface area contributed by atoms with Crippen molar-refractivity contribution in [3.63, 3.8) is 0 Å². The summed E-state index contributed by atoms with van der Waals surface area (Å²) in [5.74, 6) is -0.327. The van der Waals surface area contributed by atoms with E-state index in [1.54, 1.807) is 0 Å². The highest BCUT2D eigenvalue weighted by molar-refractivity contribution is 5.93. The van der Waals surface area contributed by atoms with Crippen molar-refractivity contribution in [3.05, 3.63) is 0 Å². The van der Waals surface area contributed by atoms with E-state index in [-0.39, 0.29) is 18.4 Å². The van der Waals surface area contributed by atoms with Crippen LogP contribution in [-0.4, -0.2) is 42.0 Å². The summed E-state index contributed by atoms with van der Waals surface area (Å²) >= 11 is 0. The number of hydrogen-bond donors (Lipinski definition) is 3. The molecule has 2 unspecified atom stereocenters. The van der Waals surface area contributed by atoms with E-state index in [0.29, 0.717) is 12.6 Å². The van der Waals surface area contributed by atoms with E-state index in [2.05, 4.69) is 10.2 Å². The number of nitrogens with two attached hydrogens (primary N) is 2. The molecular weight excluding hydrogens is 220 g/mol. The predicted molar refractivity (Wildman–Crippen MR) is 65.2 cm³/mol. The van der Waals surface area contributed by atoms with E-state index in [1.165, 1.54) is 6.42 Å². The Kier molecular flexibility index (Phi) is 5.37. The maximum atomic E-state index is 11.3. The Balaban J connectivity index is 2.38. The van der Waals surface area contributed by atoms with E-state index < -0.39 is 6.03 Å². The first-order chi connectivity index (χ1) is 8.00. The topological polar surface area (TPSA) is 101 Å². The second kappa shape index (κ2) is 6.56. The van der Waals surface area contributed by atoms with Crippen molar-refractivity contribution in [2.75, 3.05) is 13.1 Å². The summed E-state index contributed by atoms with van der Waals surface area (Å²) in [7, 11) is 0. The Bertz CT molecular complexity index is 281. The van der Waals surface area contributed by atoms with Crippen molar-refractivity contribution in [3.8, 4) is 0 Å². The molecule has 6 nitrogen and oxygen atoms in total. The molecule has 6 heteroatoms. The third-order valence-electron chi connectivity index (χ3n) is 3.16. The average Bonchev–Trinajstić information content (AvgIpc) is 2.25. The number of urea groups is 1. The number of carbonyl (C=O) groups is 2. The number of imide groups is 1. The van der Waals surface area contributed by atoms with Gasteiger partial charge in [0.2, 0.25) is 5.91 Å². The van der Waals surface area contributed by atoms with Crippen LogP contribution in [0.3, 0.4) is 0 Å². The highest BCUT2D eigenvalue weighted by Gasteiger charge is 2.25. The van der Waals surface area contributed by atoms with Gasteiger partial charge in [0.25, 0.3) is 0 Å². The summed E-state index contributed by atoms with van der Waals surface area (Å²) in [5.41, 5.74) is 10.8. The zero-order chi connectivity index (χ0) is 12.8. The first kappa shape index (κ1) is 13.9. The van der Waals surface area contributed by atoms with Crippen LogP contribution in [0, 0.1) is 0 Å². The average molecular weight is 242 g/mol. The van der Waals surface area contributed by atoms with Gasteiger partial charge in [-0.2, -0.15) is 0 Å². The second-order valence-electron chi connectivity index (χ2n) is 4.62. The van der Waals surface area contributed by atoms with Gasteiger partial charge in [-0.25, -0.2) is 4.79 Å². The Morgan fingerprint density at radius 2 is 2.18 bits per heavy atom. The van der Waals surface area contributed by atoms with Crippen molar-refractivity contribution in [1.29, 1.82) is 0 Å². The minimum absolute atomic E-state index is 0.106. The van der Waals surface area contributed by atoms with Crippen molar-refractivity contribution in [2.45, 2.75) is 44.7 Å². The van der Waals surface area contributed by atoms with Gasteiger partial charge in [-0.3, -0.25) is 15.0 Å². The fourth-order valence-corrected chi connectivity index (χ4v) is 2.33. The maximum absolute atomic E-state index is 11.3. The molecule has 0 aliphatic carbocycles. The number of rotatable bonds is 4. The SMILES string of the molecule is CC(N)C1CCCCN1CCC(=O)NC(N)=O. The van der Waals surface area contributed by atoms with Gasteiger partial charge in [-0.05, 0) is 26.3 Å². The Morgan fingerprint density at radius 3 is 2.76 bits per heavy atom. The molecule has 0 saturated carbocycles. The second-order valence-corrected chi connectivity index (χ2v) is 4.62. The monoisotopic (exact) mass is 242 g/mol. The maximum Gasteiger partial charge on any atom is 0.318 e. The lowest BCUT2D eigenvalue weighted by molar-refractivity contribution is -0.120. The molecule has 1 fully saturated rings. The third kappa shape index (κ3) is 4.70. The minimum atomic E-state index is -0.794. The van der Waals surface area contributed by atoms with Crippen LogP contribution in [0.25, 0.3) is 0 Å². The molecule has 1 rings (SSSR count). The molecule has 1 aliphatic heterocycles. The zero-order valence-electron chi connectivity index (χ0n) is 10.3. The summed E-state index contributed by atoms with van der Waals surface area (Å²) < 4.78 is 0. The van der Waals surface area contributed by atoms with E-state index in [1.807, 2.05) is 6.92 Å². The van der Waals surface area contributed by atoms with Gasteiger partial charge in [0.1, 0.15) is 0 Å². The van der Waals surface area contributed by atoms with Crippen LogP contribution in [0.2, 0.25) is 0 Å². The number of primary amides is 1. The largest absolute Gasteiger partial charge is 0.351 e. The number of piperidine rings is 1. The molecule has 0 radical (unpaired) electrons. The summed E-state index contributed by atoms with van der Waals surface area (Å²) in [4.78, 5) is 24.0. The fourth-order valence-electron chi connectivity index (χ4n) is 2.33. The molecule has 17 heavy (non-hydrogen) atoms. The molecule has 0 bridgehead atoms. The Hall–Kier alpha value is -1.14. The zero-order valence-corrected chi connectivity index (χ0v) is 10.3. The lowest BCUT2D eigenvalue weighted by atomic mass is 9.97. The molecule has 5 N–H and O–H groups in total. The molecular formula is C11H22N4O2. The van der Waals surface area contributed by atoms with E-state index in [4.69, 9.17) is 11.5 Å². The van der Waals surface area contributed by atoms with Crippen LogP contribution in [0.1, 0.15) is 32.6 Å². The highest BCUT2D eigenvalue weighted by Crippen LogP contribution is 2.18. The standard InChI is InChI=1S/C11H22N4O2/c1-8(12)9-4-2-3-6-15(9)7-5-10(16)14-11(13)17/h8-9H,2-7,12H2,1H3,(H3,13,14,16,17). The first-order valence-corrected chi connectivity index (χ1v) is 6.09. The van der Waals surface area contributed by atoms with E-state index >= 15 is 0 Å². The van der Waals surface area contributed by atoms with Crippen LogP contribution >= 0.6 is 0 Å². The molecule has 0 spiro atoms. The summed E-state index contributed by atoms with van der Waals surface area (Å²) in [6, 6.07) is -0.350. The van der Waals surface area contributed by atoms with Gasteiger partial charge < -0.3 is 11.5 Å². The fraction of sp³-hybridized carbons (Fsp3) is 0.818. The molecule has 0 aromatic rings. The molecule has 0 aromatic heterocycles. The smallest absolute Gasteiger partial charge is 0.318 e. The predicted octanol–water partition coefficient (Wildman–Crippen LogP) is -0.227. The van der Waals surface area contributed by atoms with Crippen molar-refractivity contribution in [1.82, 2.24) is 10.2 Å². The van der Waals surface area contributed by atoms with Crippen molar-refractivity contribution in [2.24, 2.45) is 11.5 Å². The van der Waals surface area contributed by atoms with E-state index in [9.17, 15) is 9.59 Å². The molecule has 2 atom stereocenters. The lowest BCUT2D eigenvalue weighted by Crippen LogP contribution is -2.50. The molecule has 1 heterocycles. The molecule has 98 valence electrons. The third-order valence-corrected chi connectivity index (χ3v) is 3.16. The van der Waals surface area contributed by atoms with E-state index in [0.717, 1.165) is 19.4 Å². The summed E-state index contributed by atoms with van der Waals surface area (Å²) in [6.45, 7) is 3.59. The van der Waals surface area contributed by atoms with Gasteiger partial charge >= 0.3 is 6.03 Å². The summed E-state index contributed by atoms with van der Waals surface area (Å²) in [6.07, 6.45) is 3.69. The van der Waals surface area contributed by atoms with Gasteiger partial charge in [0, 0.05) is 25.0 Å². The summed E-state index contributed by atoms with van der Waals surface area (Å²) in [5, 5.41) is 2.07. The number of carbonyl (C=O) groups excluding carboxylic acids is 2. The van der Waals surface area contributed by atoms with Crippen LogP contribution in [0.4, 0.5) is 4.79 Å². The van der Waals surface area contributed by atoms with Crippen molar-refractivity contribution < 1.29 is 9.59 Å². The Labute approximate surface area is 102 Å². The number of nitrogens with zero attached hydrogens (tertiary/aromatic N) is 1. The molecule has 0 aromatic carbocycles. The van der Waals surface area contributed by atoms with Crippen LogP contribution in [0.5, 0.6) is 0 Å². The van der Waals surface area contributed by atoms with Crippen LogP contribution < -0.4 is 16.8 Å². The van der Waals surface area contributed by atoms with Crippen molar-refractivity contribution >= 4 is 11.9 Å². The molecule has 1 aliphatic rings. The minimum Gasteiger partial charge on any atom is -0.351 e. The number of likely N-dealkylation sites (tertiary alicyclic amines) is 1. The number of hydrogen-bond acceptors (Lipinski definition) is 4. The molecule has 3 amide bonds. The highest BCUT2D eigenvalue weighted by atomic mass is 16.2. The van der Waals surface area contributed by atoms with Gasteiger partial charge in [0.05, 0.1) is 0 Å². The first-order valence-electron chi connectivity index (χ1n) is 6.09. The quantitative estimate of drug-likeness (QED) is 0.634. The van der Waals surface area contributed by atoms with Crippen LogP contribution in [-0.2, 0) is 4.79 Å². The molecule has 1 saturated heterocycles. The van der Waals surface area contributed by atoms with Crippen LogP contribution in [0.15, 0.2) is 0 Å². The van der Waals surface area contributed by atoms with Gasteiger partial charge in [-0.15, -0.1) is 0 Å². The van der Waals surface area contributed by atoms with Gasteiger partial charge in [-0.1, -0.05) is 6.42 Å².